The number of benzene rings is 2. The molecule has 3 aromatic rings. The van der Waals surface area contributed by atoms with Gasteiger partial charge in [-0.25, -0.2) is 4.98 Å². The van der Waals surface area contributed by atoms with Gasteiger partial charge in [0.1, 0.15) is 18.2 Å². The van der Waals surface area contributed by atoms with Gasteiger partial charge in [0.25, 0.3) is 5.91 Å². The molecule has 9 heteroatoms. The number of carbonyl (C=O) groups excluding carboxylic acids is 2. The number of fused-ring (bicyclic) bond motifs is 2. The van der Waals surface area contributed by atoms with Crippen LogP contribution in [0.25, 0.3) is 11.0 Å². The van der Waals surface area contributed by atoms with Crippen LogP contribution in [-0.2, 0) is 27.8 Å². The lowest BCUT2D eigenvalue weighted by Gasteiger charge is -2.41. The Hall–Kier alpha value is -3.43. The SMILES string of the molecule is Cc1nc2cc(NC(=O)CN3CCOC4(CCCCc5ccccc5OCCNC4=O)C3)ccc2n1C. The van der Waals surface area contributed by atoms with Crippen molar-refractivity contribution in [3.05, 3.63) is 53.9 Å². The number of nitrogens with zero attached hydrogens (tertiary/aromatic N) is 3. The third-order valence-corrected chi connectivity index (χ3v) is 7.33. The number of carbonyl (C=O) groups is 2. The van der Waals surface area contributed by atoms with Crippen LogP contribution in [0, 0.1) is 6.92 Å². The highest BCUT2D eigenvalue weighted by Gasteiger charge is 2.43. The molecular weight excluding hydrogens is 470 g/mol. The average molecular weight is 506 g/mol. The second kappa shape index (κ2) is 10.9. The first kappa shape index (κ1) is 25.2. The molecule has 5 rings (SSSR count). The number of anilines is 1. The van der Waals surface area contributed by atoms with Crippen molar-refractivity contribution in [3.63, 3.8) is 0 Å². The fourth-order valence-electron chi connectivity index (χ4n) is 5.26. The fourth-order valence-corrected chi connectivity index (χ4v) is 5.26. The van der Waals surface area contributed by atoms with Crippen molar-refractivity contribution in [2.24, 2.45) is 7.05 Å². The summed E-state index contributed by atoms with van der Waals surface area (Å²) in [5.74, 6) is 1.55. The summed E-state index contributed by atoms with van der Waals surface area (Å²) in [6.07, 6.45) is 3.26. The van der Waals surface area contributed by atoms with E-state index >= 15 is 0 Å². The summed E-state index contributed by atoms with van der Waals surface area (Å²) in [6, 6.07) is 13.8. The molecule has 0 radical (unpaired) electrons. The van der Waals surface area contributed by atoms with Crippen molar-refractivity contribution in [2.45, 2.75) is 38.2 Å². The minimum atomic E-state index is -0.971. The standard InChI is InChI=1S/C28H35N5O4/c1-20-30-23-17-22(10-11-24(23)32(20)2)31-26(34)18-33-14-16-37-28(19-33)12-6-5-8-21-7-3-4-9-25(21)36-15-13-29-27(28)35/h3-4,7,9-11,17H,5-6,8,12-16,18-19H2,1-2H3,(H,29,35)(H,31,34). The van der Waals surface area contributed by atoms with E-state index in [1.807, 2.05) is 59.8 Å². The van der Waals surface area contributed by atoms with E-state index in [2.05, 4.69) is 21.7 Å². The van der Waals surface area contributed by atoms with E-state index in [9.17, 15) is 9.59 Å². The Kier molecular flexibility index (Phi) is 7.43. The molecule has 0 bridgehead atoms. The van der Waals surface area contributed by atoms with E-state index in [1.54, 1.807) is 0 Å². The summed E-state index contributed by atoms with van der Waals surface area (Å²) < 4.78 is 14.1. The predicted octanol–water partition coefficient (Wildman–Crippen LogP) is 2.81. The summed E-state index contributed by atoms with van der Waals surface area (Å²) in [7, 11) is 1.97. The maximum Gasteiger partial charge on any atom is 0.253 e. The molecule has 0 saturated carbocycles. The first-order valence-electron chi connectivity index (χ1n) is 13.0. The van der Waals surface area contributed by atoms with E-state index in [4.69, 9.17) is 9.47 Å². The highest BCUT2D eigenvalue weighted by Crippen LogP contribution is 2.28. The van der Waals surface area contributed by atoms with Crippen LogP contribution in [0.15, 0.2) is 42.5 Å². The zero-order valence-electron chi connectivity index (χ0n) is 21.6. The topological polar surface area (TPSA) is 97.7 Å². The number of para-hydroxylation sites is 1. The van der Waals surface area contributed by atoms with Crippen molar-refractivity contribution < 1.29 is 19.1 Å². The number of amides is 2. The number of aromatic nitrogens is 2. The number of ether oxygens (including phenoxy) is 2. The second-order valence-electron chi connectivity index (χ2n) is 9.94. The Morgan fingerprint density at radius 3 is 2.95 bits per heavy atom. The van der Waals surface area contributed by atoms with Gasteiger partial charge in [0.05, 0.1) is 30.7 Å². The van der Waals surface area contributed by atoms with E-state index in [-0.39, 0.29) is 18.4 Å². The Balaban J connectivity index is 1.23. The van der Waals surface area contributed by atoms with Crippen LogP contribution < -0.4 is 15.4 Å². The molecule has 2 aromatic carbocycles. The second-order valence-corrected chi connectivity index (χ2v) is 9.94. The van der Waals surface area contributed by atoms with Crippen LogP contribution in [0.3, 0.4) is 0 Å². The summed E-state index contributed by atoms with van der Waals surface area (Å²) in [6.45, 7) is 4.31. The van der Waals surface area contributed by atoms with Crippen molar-refractivity contribution in [1.29, 1.82) is 0 Å². The highest BCUT2D eigenvalue weighted by atomic mass is 16.5. The van der Waals surface area contributed by atoms with Crippen LogP contribution in [-0.4, -0.2) is 71.3 Å². The van der Waals surface area contributed by atoms with Gasteiger partial charge in [-0.05, 0) is 62.4 Å². The number of hydrogen-bond acceptors (Lipinski definition) is 6. The lowest BCUT2D eigenvalue weighted by Crippen LogP contribution is -2.61. The first-order chi connectivity index (χ1) is 17.9. The van der Waals surface area contributed by atoms with Crippen molar-refractivity contribution >= 4 is 28.5 Å². The molecule has 196 valence electrons. The van der Waals surface area contributed by atoms with Crippen molar-refractivity contribution in [3.8, 4) is 5.75 Å². The third kappa shape index (κ3) is 5.62. The minimum absolute atomic E-state index is 0.123. The molecule has 9 nitrogen and oxygen atoms in total. The number of morpholine rings is 1. The van der Waals surface area contributed by atoms with Crippen LogP contribution in [0.1, 0.15) is 30.7 Å². The average Bonchev–Trinajstić information content (AvgIpc) is 3.17. The summed E-state index contributed by atoms with van der Waals surface area (Å²) in [5.41, 5.74) is 2.79. The maximum absolute atomic E-state index is 13.3. The number of hydrogen-bond donors (Lipinski definition) is 2. The molecule has 1 atom stereocenters. The van der Waals surface area contributed by atoms with Crippen molar-refractivity contribution in [2.75, 3.05) is 44.7 Å². The van der Waals surface area contributed by atoms with E-state index in [0.717, 1.165) is 41.9 Å². The van der Waals surface area contributed by atoms with Gasteiger partial charge in [0, 0.05) is 25.8 Å². The maximum atomic E-state index is 13.3. The molecular formula is C28H35N5O4. The van der Waals surface area contributed by atoms with Crippen LogP contribution in [0.5, 0.6) is 5.75 Å². The molecule has 1 aromatic heterocycles. The number of aryl methyl sites for hydroxylation is 3. The molecule has 2 aliphatic rings. The van der Waals surface area contributed by atoms with Crippen LogP contribution in [0.4, 0.5) is 5.69 Å². The smallest absolute Gasteiger partial charge is 0.253 e. The van der Waals surface area contributed by atoms with Gasteiger partial charge in [-0.3, -0.25) is 14.5 Å². The summed E-state index contributed by atoms with van der Waals surface area (Å²) >= 11 is 0. The van der Waals surface area contributed by atoms with Gasteiger partial charge < -0.3 is 24.7 Å². The zero-order chi connectivity index (χ0) is 25.8. The molecule has 1 spiro atoms. The molecule has 2 aliphatic heterocycles. The lowest BCUT2D eigenvalue weighted by atomic mass is 9.91. The van der Waals surface area contributed by atoms with Crippen LogP contribution in [0.2, 0.25) is 0 Å². The highest BCUT2D eigenvalue weighted by molar-refractivity contribution is 5.94. The molecule has 2 amide bonds. The number of imidazole rings is 1. The molecule has 0 aliphatic carbocycles. The van der Waals surface area contributed by atoms with Crippen LogP contribution >= 0.6 is 0 Å². The Bertz CT molecular complexity index is 1290. The molecule has 1 unspecified atom stereocenters. The number of nitrogens with one attached hydrogen (secondary N) is 2. The minimum Gasteiger partial charge on any atom is -0.491 e. The fraction of sp³-hybridized carbons (Fsp3) is 0.464. The van der Waals surface area contributed by atoms with Gasteiger partial charge in [0.15, 0.2) is 5.60 Å². The van der Waals surface area contributed by atoms with Gasteiger partial charge >= 0.3 is 0 Å². The molecule has 1 fully saturated rings. The first-order valence-corrected chi connectivity index (χ1v) is 13.0. The Morgan fingerprint density at radius 2 is 2.05 bits per heavy atom. The third-order valence-electron chi connectivity index (χ3n) is 7.33. The van der Waals surface area contributed by atoms with Gasteiger partial charge in [0.2, 0.25) is 5.91 Å². The molecule has 1 saturated heterocycles. The Labute approximate surface area is 217 Å². The predicted molar refractivity (Wildman–Crippen MR) is 142 cm³/mol. The van der Waals surface area contributed by atoms with E-state index < -0.39 is 5.60 Å². The van der Waals surface area contributed by atoms with E-state index in [1.165, 1.54) is 5.56 Å². The molecule has 37 heavy (non-hydrogen) atoms. The quantitative estimate of drug-likeness (QED) is 0.568. The van der Waals surface area contributed by atoms with Gasteiger partial charge in [-0.15, -0.1) is 0 Å². The number of rotatable bonds is 3. The van der Waals surface area contributed by atoms with Gasteiger partial charge in [-0.1, -0.05) is 18.2 Å². The molecule has 2 N–H and O–H groups in total. The largest absolute Gasteiger partial charge is 0.491 e. The van der Waals surface area contributed by atoms with Gasteiger partial charge in [-0.2, -0.15) is 0 Å². The zero-order valence-corrected chi connectivity index (χ0v) is 21.6. The lowest BCUT2D eigenvalue weighted by molar-refractivity contribution is -0.163. The normalized spacial score (nSPS) is 21.4. The molecule has 3 heterocycles. The summed E-state index contributed by atoms with van der Waals surface area (Å²) in [4.78, 5) is 32.8. The van der Waals surface area contributed by atoms with Crippen molar-refractivity contribution in [1.82, 2.24) is 19.8 Å². The Morgan fingerprint density at radius 1 is 1.19 bits per heavy atom. The van der Waals surface area contributed by atoms with E-state index in [0.29, 0.717) is 45.0 Å². The monoisotopic (exact) mass is 505 g/mol. The summed E-state index contributed by atoms with van der Waals surface area (Å²) in [5, 5.41) is 5.99.